The Morgan fingerprint density at radius 2 is 2.06 bits per heavy atom. The van der Waals surface area contributed by atoms with Gasteiger partial charge in [0.15, 0.2) is 22.7 Å². The van der Waals surface area contributed by atoms with Crippen molar-refractivity contribution in [2.45, 2.75) is 31.7 Å². The maximum atomic E-state index is 14.0. The summed E-state index contributed by atoms with van der Waals surface area (Å²) in [6.45, 7) is -0.362. The van der Waals surface area contributed by atoms with Crippen LogP contribution in [0.2, 0.25) is 0 Å². The van der Waals surface area contributed by atoms with Crippen LogP contribution in [-0.4, -0.2) is 56.2 Å². The first-order valence-corrected chi connectivity index (χ1v) is 10.9. The molecule has 1 fully saturated rings. The first-order chi connectivity index (χ1) is 15.9. The van der Waals surface area contributed by atoms with Gasteiger partial charge in [-0.15, -0.1) is 10.2 Å². The van der Waals surface area contributed by atoms with E-state index in [1.165, 1.54) is 21.7 Å². The lowest BCUT2D eigenvalue weighted by Crippen LogP contribution is -2.58. The molecule has 0 spiro atoms. The summed E-state index contributed by atoms with van der Waals surface area (Å²) in [6.07, 6.45) is 1.03. The number of carbonyl (C=O) groups is 1. The van der Waals surface area contributed by atoms with Crippen molar-refractivity contribution >= 4 is 17.2 Å². The zero-order chi connectivity index (χ0) is 23.3. The molecule has 3 aromatic rings. The molecule has 12 heteroatoms. The van der Waals surface area contributed by atoms with E-state index in [1.54, 1.807) is 0 Å². The third-order valence-corrected chi connectivity index (χ3v) is 6.70. The standard InChI is InChI=1S/C21H17F3N4O4S/c22-7-12-3-4-32-16-9-27-8-13(18(29)19(30)17(27)21(31)28(12)16)20-26-25-15(33-20)5-10-1-2-11(23)6-14(10)24/h1-2,6,8,12,16,30H,3-5,7,9H2/t12-,16+/m0/s1. The quantitative estimate of drug-likeness (QED) is 0.619. The van der Waals surface area contributed by atoms with Crippen molar-refractivity contribution in [3.63, 3.8) is 0 Å². The molecule has 0 saturated carbocycles. The molecule has 8 nitrogen and oxygen atoms in total. The van der Waals surface area contributed by atoms with Crippen LogP contribution in [0.25, 0.3) is 10.6 Å². The van der Waals surface area contributed by atoms with Gasteiger partial charge >= 0.3 is 0 Å². The minimum Gasteiger partial charge on any atom is -0.503 e. The van der Waals surface area contributed by atoms with Crippen molar-refractivity contribution < 1.29 is 27.8 Å². The summed E-state index contributed by atoms with van der Waals surface area (Å²) in [5, 5.41) is 19.1. The van der Waals surface area contributed by atoms with Crippen LogP contribution in [0.3, 0.4) is 0 Å². The first-order valence-electron chi connectivity index (χ1n) is 10.1. The van der Waals surface area contributed by atoms with Gasteiger partial charge in [0, 0.05) is 18.7 Å². The Bertz CT molecular complexity index is 1310. The van der Waals surface area contributed by atoms with Crippen LogP contribution in [0, 0.1) is 11.6 Å². The Morgan fingerprint density at radius 1 is 1.24 bits per heavy atom. The Morgan fingerprint density at radius 3 is 2.82 bits per heavy atom. The minimum atomic E-state index is -0.821. The summed E-state index contributed by atoms with van der Waals surface area (Å²) in [4.78, 5) is 27.1. The Kier molecular flexibility index (Phi) is 5.41. The number of fused-ring (bicyclic) bond motifs is 2. The molecule has 1 N–H and O–H groups in total. The highest BCUT2D eigenvalue weighted by Crippen LogP contribution is 2.32. The topological polar surface area (TPSA) is 97.5 Å². The van der Waals surface area contributed by atoms with Crippen LogP contribution in [0.1, 0.15) is 27.5 Å². The molecule has 2 aromatic heterocycles. The van der Waals surface area contributed by atoms with E-state index in [0.717, 1.165) is 23.5 Å². The van der Waals surface area contributed by atoms with E-state index in [0.29, 0.717) is 11.4 Å². The van der Waals surface area contributed by atoms with E-state index in [-0.39, 0.29) is 41.4 Å². The molecule has 0 aliphatic carbocycles. The molecule has 1 saturated heterocycles. The Hall–Kier alpha value is -3.25. The van der Waals surface area contributed by atoms with E-state index >= 15 is 0 Å². The largest absolute Gasteiger partial charge is 0.503 e. The maximum absolute atomic E-state index is 14.0. The second kappa shape index (κ2) is 8.27. The van der Waals surface area contributed by atoms with Crippen molar-refractivity contribution in [1.82, 2.24) is 19.7 Å². The van der Waals surface area contributed by atoms with Crippen LogP contribution in [0.5, 0.6) is 5.75 Å². The summed E-state index contributed by atoms with van der Waals surface area (Å²) >= 11 is 1.01. The van der Waals surface area contributed by atoms with E-state index in [1.807, 2.05) is 0 Å². The van der Waals surface area contributed by atoms with Crippen molar-refractivity contribution in [2.75, 3.05) is 13.3 Å². The lowest BCUT2D eigenvalue weighted by molar-refractivity contribution is -0.118. The van der Waals surface area contributed by atoms with Gasteiger partial charge in [-0.1, -0.05) is 17.4 Å². The third-order valence-electron chi connectivity index (χ3n) is 5.74. The van der Waals surface area contributed by atoms with Gasteiger partial charge in [-0.3, -0.25) is 9.59 Å². The van der Waals surface area contributed by atoms with E-state index < -0.39 is 47.7 Å². The van der Waals surface area contributed by atoms with Crippen molar-refractivity contribution in [3.8, 4) is 16.3 Å². The van der Waals surface area contributed by atoms with Gasteiger partial charge in [0.1, 0.15) is 23.3 Å². The molecule has 1 amide bonds. The Labute approximate surface area is 188 Å². The highest BCUT2D eigenvalue weighted by molar-refractivity contribution is 7.14. The number of aromatic hydroxyl groups is 1. The van der Waals surface area contributed by atoms with Crippen molar-refractivity contribution in [3.05, 3.63) is 62.5 Å². The first kappa shape index (κ1) is 21.6. The molecular weight excluding hydrogens is 461 g/mol. The number of carbonyl (C=O) groups excluding carboxylic acids is 1. The molecular formula is C21H17F3N4O4S. The number of aromatic nitrogens is 3. The van der Waals surface area contributed by atoms with Crippen molar-refractivity contribution in [2.24, 2.45) is 0 Å². The zero-order valence-electron chi connectivity index (χ0n) is 17.0. The van der Waals surface area contributed by atoms with Gasteiger partial charge in [0.25, 0.3) is 5.91 Å². The number of rotatable bonds is 4. The average molecular weight is 478 g/mol. The third kappa shape index (κ3) is 3.68. The van der Waals surface area contributed by atoms with Crippen LogP contribution in [0.4, 0.5) is 13.2 Å². The van der Waals surface area contributed by atoms with Gasteiger partial charge in [-0.2, -0.15) is 0 Å². The molecule has 2 atom stereocenters. The fourth-order valence-corrected chi connectivity index (χ4v) is 4.98. The molecule has 0 radical (unpaired) electrons. The highest BCUT2D eigenvalue weighted by Gasteiger charge is 2.42. The second-order valence-corrected chi connectivity index (χ2v) is 8.83. The lowest BCUT2D eigenvalue weighted by atomic mass is 10.1. The number of benzene rings is 1. The predicted molar refractivity (Wildman–Crippen MR) is 111 cm³/mol. The summed E-state index contributed by atoms with van der Waals surface area (Å²) in [5.41, 5.74) is -0.828. The molecule has 1 aromatic carbocycles. The molecule has 0 bridgehead atoms. The summed E-state index contributed by atoms with van der Waals surface area (Å²) < 4.78 is 47.5. The number of ether oxygens (including phenoxy) is 1. The number of amides is 1. The van der Waals surface area contributed by atoms with Gasteiger partial charge in [-0.25, -0.2) is 13.2 Å². The fourth-order valence-electron chi connectivity index (χ4n) is 4.11. The van der Waals surface area contributed by atoms with Crippen LogP contribution in [0.15, 0.2) is 29.2 Å². The van der Waals surface area contributed by atoms with E-state index in [9.17, 15) is 27.9 Å². The molecule has 33 heavy (non-hydrogen) atoms. The van der Waals surface area contributed by atoms with Gasteiger partial charge in [-0.05, 0) is 18.1 Å². The van der Waals surface area contributed by atoms with Crippen molar-refractivity contribution in [1.29, 1.82) is 0 Å². The molecule has 172 valence electrons. The molecule has 2 aliphatic heterocycles. The predicted octanol–water partition coefficient (Wildman–Crippen LogP) is 2.48. The maximum Gasteiger partial charge on any atom is 0.276 e. The van der Waals surface area contributed by atoms with Gasteiger partial charge in [0.05, 0.1) is 24.8 Å². The minimum absolute atomic E-state index is 0.0127. The average Bonchev–Trinajstić information content (AvgIpc) is 3.26. The number of halogens is 3. The summed E-state index contributed by atoms with van der Waals surface area (Å²) in [5.74, 6) is -2.86. The molecule has 0 unspecified atom stereocenters. The fraction of sp³-hybridized carbons (Fsp3) is 0.333. The number of hydrogen-bond donors (Lipinski definition) is 1. The van der Waals surface area contributed by atoms with Crippen LogP contribution >= 0.6 is 11.3 Å². The smallest absolute Gasteiger partial charge is 0.276 e. The number of pyridine rings is 1. The SMILES string of the molecule is O=C1c2c(O)c(=O)c(-c3nnc(Cc4ccc(F)cc4F)s3)cn2C[C@H]2OCC[C@@H](CF)N12. The van der Waals surface area contributed by atoms with Crippen LogP contribution < -0.4 is 5.43 Å². The normalized spacial score (nSPS) is 20.0. The second-order valence-electron chi connectivity index (χ2n) is 7.77. The Balaban J connectivity index is 1.50. The number of alkyl halides is 1. The van der Waals surface area contributed by atoms with Gasteiger partial charge < -0.3 is 19.3 Å². The van der Waals surface area contributed by atoms with E-state index in [4.69, 9.17) is 4.74 Å². The van der Waals surface area contributed by atoms with Crippen LogP contribution in [-0.2, 0) is 17.7 Å². The highest BCUT2D eigenvalue weighted by atomic mass is 32.1. The van der Waals surface area contributed by atoms with Gasteiger partial charge in [0.2, 0.25) is 5.43 Å². The summed E-state index contributed by atoms with van der Waals surface area (Å²) in [6, 6.07) is 2.52. The zero-order valence-corrected chi connectivity index (χ0v) is 17.8. The van der Waals surface area contributed by atoms with E-state index in [2.05, 4.69) is 10.2 Å². The number of hydrogen-bond acceptors (Lipinski definition) is 7. The lowest BCUT2D eigenvalue weighted by Gasteiger charge is -2.44. The monoisotopic (exact) mass is 478 g/mol. The summed E-state index contributed by atoms with van der Waals surface area (Å²) in [7, 11) is 0. The molecule has 4 heterocycles. The molecule has 5 rings (SSSR count). The number of nitrogens with zero attached hydrogens (tertiary/aromatic N) is 4. The molecule has 2 aliphatic rings.